The van der Waals surface area contributed by atoms with Crippen molar-refractivity contribution in [3.63, 3.8) is 0 Å². The van der Waals surface area contributed by atoms with E-state index >= 15 is 0 Å². The molecule has 0 saturated heterocycles. The normalized spacial score (nSPS) is 37.8. The molecule has 0 radical (unpaired) electrons. The third-order valence-corrected chi connectivity index (χ3v) is 3.52. The van der Waals surface area contributed by atoms with Gasteiger partial charge in [-0.3, -0.25) is 0 Å². The maximum atomic E-state index is 10.3. The zero-order valence-corrected chi connectivity index (χ0v) is 8.93. The first-order valence-corrected chi connectivity index (χ1v) is 4.86. The molecule has 1 heteroatoms. The molecule has 1 aliphatic carbocycles. The van der Waals surface area contributed by atoms with Gasteiger partial charge in [-0.2, -0.15) is 0 Å². The van der Waals surface area contributed by atoms with Crippen molar-refractivity contribution in [2.75, 3.05) is 0 Å². The fourth-order valence-corrected chi connectivity index (χ4v) is 2.34. The van der Waals surface area contributed by atoms with Crippen LogP contribution in [-0.2, 0) is 0 Å². The molecule has 1 aliphatic rings. The molecular formula is C12H20O. The first kappa shape index (κ1) is 10.5. The molecule has 0 unspecified atom stereocenters. The molecule has 0 aromatic rings. The third kappa shape index (κ3) is 1.58. The lowest BCUT2D eigenvalue weighted by atomic mass is 9.82. The molecule has 1 rings (SSSR count). The third-order valence-electron chi connectivity index (χ3n) is 3.52. The van der Waals surface area contributed by atoms with Crippen LogP contribution in [0.5, 0.6) is 0 Å². The molecule has 1 nitrogen and oxygen atoms in total. The fourth-order valence-electron chi connectivity index (χ4n) is 2.34. The van der Waals surface area contributed by atoms with Crippen LogP contribution >= 0.6 is 0 Å². The van der Waals surface area contributed by atoms with Crippen molar-refractivity contribution in [3.8, 4) is 0 Å². The average molecular weight is 180 g/mol. The van der Waals surface area contributed by atoms with Gasteiger partial charge >= 0.3 is 0 Å². The molecule has 1 fully saturated rings. The van der Waals surface area contributed by atoms with Gasteiger partial charge in [-0.25, -0.2) is 0 Å². The van der Waals surface area contributed by atoms with Gasteiger partial charge in [0.1, 0.15) is 0 Å². The van der Waals surface area contributed by atoms with Gasteiger partial charge in [0.05, 0.1) is 5.60 Å². The van der Waals surface area contributed by atoms with Crippen LogP contribution in [0.4, 0.5) is 0 Å². The Balaban J connectivity index is 2.94. The lowest BCUT2D eigenvalue weighted by Gasteiger charge is -2.24. The van der Waals surface area contributed by atoms with Crippen LogP contribution in [-0.4, -0.2) is 10.7 Å². The van der Waals surface area contributed by atoms with E-state index in [4.69, 9.17) is 0 Å². The van der Waals surface area contributed by atoms with Gasteiger partial charge in [0.15, 0.2) is 0 Å². The summed E-state index contributed by atoms with van der Waals surface area (Å²) in [7, 11) is 0. The van der Waals surface area contributed by atoms with Crippen molar-refractivity contribution in [2.24, 2.45) is 11.3 Å². The highest BCUT2D eigenvalue weighted by molar-refractivity contribution is 5.26. The van der Waals surface area contributed by atoms with Crippen molar-refractivity contribution in [2.45, 2.75) is 39.2 Å². The monoisotopic (exact) mass is 180 g/mol. The van der Waals surface area contributed by atoms with Crippen molar-refractivity contribution in [1.82, 2.24) is 0 Å². The predicted octanol–water partition coefficient (Wildman–Crippen LogP) is 2.92. The molecular weight excluding hydrogens is 160 g/mol. The number of hydrogen-bond donors (Lipinski definition) is 1. The summed E-state index contributed by atoms with van der Waals surface area (Å²) in [5.74, 6) is 0.387. The highest BCUT2D eigenvalue weighted by atomic mass is 16.3. The largest absolute Gasteiger partial charge is 0.385 e. The van der Waals surface area contributed by atoms with E-state index < -0.39 is 5.60 Å². The lowest BCUT2D eigenvalue weighted by molar-refractivity contribution is 0.0703. The molecule has 13 heavy (non-hydrogen) atoms. The van der Waals surface area contributed by atoms with Crippen molar-refractivity contribution in [3.05, 3.63) is 24.8 Å². The molecule has 0 heterocycles. The summed E-state index contributed by atoms with van der Waals surface area (Å²) in [6.45, 7) is 14.2. The summed E-state index contributed by atoms with van der Waals surface area (Å²) in [5.41, 5.74) is 0.428. The van der Waals surface area contributed by atoms with Crippen LogP contribution in [0.25, 0.3) is 0 Å². The molecule has 0 spiro atoms. The molecule has 1 saturated carbocycles. The van der Waals surface area contributed by atoms with E-state index in [-0.39, 0.29) is 5.41 Å². The first-order valence-electron chi connectivity index (χ1n) is 4.86. The Morgan fingerprint density at radius 2 is 2.15 bits per heavy atom. The Kier molecular flexibility index (Phi) is 2.42. The highest BCUT2D eigenvalue weighted by Crippen LogP contribution is 2.52. The first-order chi connectivity index (χ1) is 5.83. The fraction of sp³-hybridized carbons (Fsp3) is 0.667. The predicted molar refractivity (Wildman–Crippen MR) is 56.5 cm³/mol. The van der Waals surface area contributed by atoms with Gasteiger partial charge in [0.25, 0.3) is 0 Å². The lowest BCUT2D eigenvalue weighted by Crippen LogP contribution is -2.26. The molecule has 0 bridgehead atoms. The summed E-state index contributed by atoms with van der Waals surface area (Å²) in [5, 5.41) is 10.3. The summed E-state index contributed by atoms with van der Waals surface area (Å²) in [4.78, 5) is 0. The minimum Gasteiger partial charge on any atom is -0.385 e. The zero-order chi connectivity index (χ0) is 10.3. The Labute approximate surface area is 81.2 Å². The number of hydrogen-bond acceptors (Lipinski definition) is 1. The maximum absolute atomic E-state index is 10.3. The average Bonchev–Trinajstić information content (AvgIpc) is 2.13. The summed E-state index contributed by atoms with van der Waals surface area (Å²) in [6, 6.07) is 0. The molecule has 1 N–H and O–H groups in total. The van der Waals surface area contributed by atoms with Gasteiger partial charge in [0.2, 0.25) is 0 Å². The molecule has 2 atom stereocenters. The van der Waals surface area contributed by atoms with E-state index in [9.17, 15) is 5.11 Å². The van der Waals surface area contributed by atoms with Gasteiger partial charge in [-0.1, -0.05) is 33.4 Å². The van der Waals surface area contributed by atoms with Gasteiger partial charge in [-0.15, -0.1) is 6.58 Å². The van der Waals surface area contributed by atoms with E-state index in [0.717, 1.165) is 12.0 Å². The zero-order valence-electron chi connectivity index (χ0n) is 8.93. The Hall–Kier alpha value is -0.560. The van der Waals surface area contributed by atoms with E-state index in [1.54, 1.807) is 6.08 Å². The minimum absolute atomic E-state index is 0.162. The second-order valence-electron chi connectivity index (χ2n) is 4.94. The van der Waals surface area contributed by atoms with Crippen LogP contribution in [0.2, 0.25) is 0 Å². The SMILES string of the molecule is C=CC[C@@]1(O)CC(C)(C)[C@H](C)C1=C. The van der Waals surface area contributed by atoms with Crippen molar-refractivity contribution < 1.29 is 5.11 Å². The van der Waals surface area contributed by atoms with Gasteiger partial charge < -0.3 is 5.11 Å². The molecule has 0 aromatic carbocycles. The molecule has 0 aromatic heterocycles. The molecule has 0 amide bonds. The summed E-state index contributed by atoms with van der Waals surface area (Å²) >= 11 is 0. The van der Waals surface area contributed by atoms with E-state index in [1.165, 1.54) is 0 Å². The number of aliphatic hydroxyl groups is 1. The van der Waals surface area contributed by atoms with Crippen molar-refractivity contribution >= 4 is 0 Å². The van der Waals surface area contributed by atoms with Crippen LogP contribution in [0.3, 0.4) is 0 Å². The van der Waals surface area contributed by atoms with Crippen LogP contribution in [0, 0.1) is 11.3 Å². The van der Waals surface area contributed by atoms with E-state index in [2.05, 4.69) is 33.9 Å². The molecule has 74 valence electrons. The smallest absolute Gasteiger partial charge is 0.0896 e. The van der Waals surface area contributed by atoms with E-state index in [0.29, 0.717) is 12.3 Å². The quantitative estimate of drug-likeness (QED) is 0.648. The van der Waals surface area contributed by atoms with Crippen LogP contribution in [0.15, 0.2) is 24.8 Å². The van der Waals surface area contributed by atoms with Gasteiger partial charge in [0, 0.05) is 0 Å². The summed E-state index contributed by atoms with van der Waals surface area (Å²) in [6.07, 6.45) is 3.20. The second kappa shape index (κ2) is 2.98. The minimum atomic E-state index is -0.704. The number of rotatable bonds is 2. The van der Waals surface area contributed by atoms with E-state index in [1.807, 2.05) is 0 Å². The van der Waals surface area contributed by atoms with Crippen LogP contribution in [0.1, 0.15) is 33.6 Å². The summed E-state index contributed by atoms with van der Waals surface area (Å²) < 4.78 is 0. The van der Waals surface area contributed by atoms with Gasteiger partial charge in [-0.05, 0) is 29.7 Å². The highest BCUT2D eigenvalue weighted by Gasteiger charge is 2.48. The maximum Gasteiger partial charge on any atom is 0.0896 e. The van der Waals surface area contributed by atoms with Crippen LogP contribution < -0.4 is 0 Å². The Morgan fingerprint density at radius 3 is 2.46 bits per heavy atom. The standard InChI is InChI=1S/C12H20O/c1-6-7-12(13)8-11(4,5)9(2)10(12)3/h6,9,13H,1,3,7-8H2,2,4-5H3/t9-,12-/m1/s1. The second-order valence-corrected chi connectivity index (χ2v) is 4.94. The topological polar surface area (TPSA) is 20.2 Å². The molecule has 0 aliphatic heterocycles. The Bertz CT molecular complexity index is 240. The van der Waals surface area contributed by atoms with Crippen molar-refractivity contribution in [1.29, 1.82) is 0 Å². The Morgan fingerprint density at radius 1 is 1.62 bits per heavy atom.